The molecule has 154 valence electrons. The van der Waals surface area contributed by atoms with Gasteiger partial charge in [-0.05, 0) is 50.7 Å². The molecular formula is C23H28F2N4. The molecule has 0 aliphatic heterocycles. The first-order valence-corrected chi connectivity index (χ1v) is 9.86. The zero-order valence-corrected chi connectivity index (χ0v) is 17.5. The molecule has 0 atom stereocenters. The van der Waals surface area contributed by atoms with Crippen molar-refractivity contribution in [1.82, 2.24) is 20.0 Å². The molecule has 4 nitrogen and oxygen atoms in total. The van der Waals surface area contributed by atoms with Gasteiger partial charge in [0.2, 0.25) is 0 Å². The molecule has 0 radical (unpaired) electrons. The molecule has 0 spiro atoms. The molecule has 0 aliphatic carbocycles. The molecule has 0 amide bonds. The van der Waals surface area contributed by atoms with E-state index < -0.39 is 11.6 Å². The van der Waals surface area contributed by atoms with Gasteiger partial charge in [0.1, 0.15) is 11.5 Å². The molecule has 0 fully saturated rings. The van der Waals surface area contributed by atoms with E-state index in [9.17, 15) is 8.78 Å². The minimum Gasteiger partial charge on any atom is -0.308 e. The molecule has 1 N–H and O–H groups in total. The number of nitrogens with one attached hydrogen (secondary N) is 1. The van der Waals surface area contributed by atoms with Gasteiger partial charge in [0, 0.05) is 37.0 Å². The summed E-state index contributed by atoms with van der Waals surface area (Å²) in [5.74, 6) is -1.22. The number of hydrogen-bond acceptors (Lipinski definition) is 3. The molecule has 1 heterocycles. The van der Waals surface area contributed by atoms with Crippen molar-refractivity contribution >= 4 is 0 Å². The zero-order valence-electron chi connectivity index (χ0n) is 17.5. The molecule has 29 heavy (non-hydrogen) atoms. The molecule has 0 saturated heterocycles. The van der Waals surface area contributed by atoms with Crippen LogP contribution in [0.25, 0.3) is 5.69 Å². The highest BCUT2D eigenvalue weighted by Gasteiger charge is 2.15. The van der Waals surface area contributed by atoms with Crippen molar-refractivity contribution < 1.29 is 8.78 Å². The fourth-order valence-electron chi connectivity index (χ4n) is 3.41. The van der Waals surface area contributed by atoms with Crippen LogP contribution in [0.5, 0.6) is 0 Å². The van der Waals surface area contributed by atoms with Gasteiger partial charge in [-0.15, -0.1) is 0 Å². The number of aromatic nitrogens is 2. The second-order valence-electron chi connectivity index (χ2n) is 7.41. The predicted octanol–water partition coefficient (Wildman–Crippen LogP) is 4.51. The fourth-order valence-corrected chi connectivity index (χ4v) is 3.41. The first-order chi connectivity index (χ1) is 13.9. The van der Waals surface area contributed by atoms with Gasteiger partial charge in [-0.25, -0.2) is 13.5 Å². The van der Waals surface area contributed by atoms with Crippen LogP contribution in [0.4, 0.5) is 8.78 Å². The number of aryl methyl sites for hydroxylation is 1. The lowest BCUT2D eigenvalue weighted by atomic mass is 10.1. The van der Waals surface area contributed by atoms with E-state index in [2.05, 4.69) is 53.6 Å². The molecule has 0 bridgehead atoms. The van der Waals surface area contributed by atoms with E-state index in [-0.39, 0.29) is 5.69 Å². The highest BCUT2D eigenvalue weighted by Crippen LogP contribution is 2.21. The van der Waals surface area contributed by atoms with E-state index in [1.807, 2.05) is 13.8 Å². The Morgan fingerprint density at radius 3 is 2.52 bits per heavy atom. The predicted molar refractivity (Wildman–Crippen MR) is 112 cm³/mol. The van der Waals surface area contributed by atoms with Crippen molar-refractivity contribution in [3.63, 3.8) is 0 Å². The van der Waals surface area contributed by atoms with Gasteiger partial charge in [0.05, 0.1) is 5.69 Å². The molecule has 0 unspecified atom stereocenters. The number of rotatable bonds is 8. The Hall–Kier alpha value is -2.57. The second-order valence-corrected chi connectivity index (χ2v) is 7.41. The summed E-state index contributed by atoms with van der Waals surface area (Å²) in [4.78, 5) is 2.27. The summed E-state index contributed by atoms with van der Waals surface area (Å²) in [7, 11) is 2.11. The van der Waals surface area contributed by atoms with Crippen LogP contribution in [0.15, 0.2) is 42.5 Å². The van der Waals surface area contributed by atoms with Gasteiger partial charge < -0.3 is 10.2 Å². The molecular weight excluding hydrogens is 370 g/mol. The molecule has 0 aliphatic rings. The van der Waals surface area contributed by atoms with Crippen LogP contribution >= 0.6 is 0 Å². The van der Waals surface area contributed by atoms with Gasteiger partial charge in [0.25, 0.3) is 0 Å². The monoisotopic (exact) mass is 398 g/mol. The van der Waals surface area contributed by atoms with Crippen LogP contribution in [-0.2, 0) is 19.6 Å². The van der Waals surface area contributed by atoms with Crippen LogP contribution in [0.1, 0.15) is 35.0 Å². The Morgan fingerprint density at radius 1 is 1.03 bits per heavy atom. The summed E-state index contributed by atoms with van der Waals surface area (Å²) in [5.41, 5.74) is 5.47. The average Bonchev–Trinajstić information content (AvgIpc) is 2.96. The molecule has 6 heteroatoms. The maximum absolute atomic E-state index is 14.2. The van der Waals surface area contributed by atoms with Crippen LogP contribution < -0.4 is 5.32 Å². The topological polar surface area (TPSA) is 33.1 Å². The summed E-state index contributed by atoms with van der Waals surface area (Å²) in [5, 5.41) is 7.92. The normalized spacial score (nSPS) is 11.4. The van der Waals surface area contributed by atoms with E-state index in [0.717, 1.165) is 42.7 Å². The lowest BCUT2D eigenvalue weighted by Gasteiger charge is -2.14. The molecule has 3 rings (SSSR count). The number of halogens is 2. The largest absolute Gasteiger partial charge is 0.308 e. The Labute approximate surface area is 171 Å². The van der Waals surface area contributed by atoms with Crippen molar-refractivity contribution in [3.05, 3.63) is 82.2 Å². The third-order valence-electron chi connectivity index (χ3n) is 5.19. The average molecular weight is 399 g/mol. The van der Waals surface area contributed by atoms with E-state index in [0.29, 0.717) is 6.54 Å². The number of nitrogens with zero attached hydrogens (tertiary/aromatic N) is 3. The summed E-state index contributed by atoms with van der Waals surface area (Å²) in [6, 6.07) is 12.1. The fraction of sp³-hybridized carbons (Fsp3) is 0.348. The van der Waals surface area contributed by atoms with Crippen LogP contribution in [0.2, 0.25) is 0 Å². The van der Waals surface area contributed by atoms with Crippen molar-refractivity contribution in [2.24, 2.45) is 0 Å². The standard InChI is InChI=1S/C23H28F2N4/c1-5-28(4)15-19-8-6-7-18(11-19)13-26-14-21-16(2)27-29(17(21)3)23-10-9-20(24)12-22(23)25/h6-12,26H,5,13-15H2,1-4H3. The van der Waals surface area contributed by atoms with Gasteiger partial charge in [-0.1, -0.05) is 31.2 Å². The van der Waals surface area contributed by atoms with E-state index in [1.54, 1.807) is 4.68 Å². The maximum Gasteiger partial charge on any atom is 0.151 e. The third-order valence-corrected chi connectivity index (χ3v) is 5.19. The van der Waals surface area contributed by atoms with E-state index in [1.165, 1.54) is 23.3 Å². The SMILES string of the molecule is CCN(C)Cc1cccc(CNCc2c(C)nn(-c3ccc(F)cc3F)c2C)c1. The quantitative estimate of drug-likeness (QED) is 0.606. The maximum atomic E-state index is 14.2. The summed E-state index contributed by atoms with van der Waals surface area (Å²) in [6.45, 7) is 9.26. The summed E-state index contributed by atoms with van der Waals surface area (Å²) < 4.78 is 28.9. The lowest BCUT2D eigenvalue weighted by molar-refractivity contribution is 0.345. The lowest BCUT2D eigenvalue weighted by Crippen LogP contribution is -2.17. The highest BCUT2D eigenvalue weighted by atomic mass is 19.1. The zero-order chi connectivity index (χ0) is 21.0. The van der Waals surface area contributed by atoms with E-state index >= 15 is 0 Å². The Kier molecular flexibility index (Phi) is 6.77. The Bertz CT molecular complexity index is 981. The first kappa shape index (κ1) is 21.1. The smallest absolute Gasteiger partial charge is 0.151 e. The Morgan fingerprint density at radius 2 is 1.79 bits per heavy atom. The van der Waals surface area contributed by atoms with Crippen LogP contribution in [0, 0.1) is 25.5 Å². The summed E-state index contributed by atoms with van der Waals surface area (Å²) in [6.07, 6.45) is 0. The minimum absolute atomic E-state index is 0.256. The van der Waals surface area contributed by atoms with E-state index in [4.69, 9.17) is 0 Å². The van der Waals surface area contributed by atoms with Gasteiger partial charge >= 0.3 is 0 Å². The van der Waals surface area contributed by atoms with Crippen LogP contribution in [-0.4, -0.2) is 28.3 Å². The molecule has 3 aromatic rings. The second kappa shape index (κ2) is 9.29. The van der Waals surface area contributed by atoms with Gasteiger partial charge in [-0.2, -0.15) is 5.10 Å². The van der Waals surface area contributed by atoms with Crippen LogP contribution in [0.3, 0.4) is 0 Å². The summed E-state index contributed by atoms with van der Waals surface area (Å²) >= 11 is 0. The Balaban J connectivity index is 1.69. The van der Waals surface area contributed by atoms with Crippen molar-refractivity contribution in [1.29, 1.82) is 0 Å². The molecule has 0 saturated carbocycles. The number of benzene rings is 2. The highest BCUT2D eigenvalue weighted by molar-refractivity contribution is 5.38. The molecule has 2 aromatic carbocycles. The van der Waals surface area contributed by atoms with Gasteiger partial charge in [-0.3, -0.25) is 0 Å². The van der Waals surface area contributed by atoms with Crippen molar-refractivity contribution in [3.8, 4) is 5.69 Å². The number of hydrogen-bond donors (Lipinski definition) is 1. The minimum atomic E-state index is -0.621. The first-order valence-electron chi connectivity index (χ1n) is 9.86. The van der Waals surface area contributed by atoms with Gasteiger partial charge in [0.15, 0.2) is 5.82 Å². The molecule has 1 aromatic heterocycles. The van der Waals surface area contributed by atoms with Crippen molar-refractivity contribution in [2.75, 3.05) is 13.6 Å². The third kappa shape index (κ3) is 5.08. The van der Waals surface area contributed by atoms with Crippen molar-refractivity contribution in [2.45, 2.75) is 40.4 Å².